The summed E-state index contributed by atoms with van der Waals surface area (Å²) in [6.07, 6.45) is 11.9. The van der Waals surface area contributed by atoms with Gasteiger partial charge in [-0.05, 0) is 62.2 Å². The Labute approximate surface area is 182 Å². The fourth-order valence-corrected chi connectivity index (χ4v) is 8.27. The van der Waals surface area contributed by atoms with Crippen molar-refractivity contribution in [3.8, 4) is 0 Å². The molecule has 0 aromatic carbocycles. The van der Waals surface area contributed by atoms with Crippen LogP contribution in [0.1, 0.15) is 65.2 Å². The first kappa shape index (κ1) is 21.4. The van der Waals surface area contributed by atoms with E-state index in [1.165, 1.54) is 17.3 Å². The Morgan fingerprint density at radius 1 is 1.14 bits per heavy atom. The van der Waals surface area contributed by atoms with Crippen molar-refractivity contribution in [2.24, 2.45) is 22.7 Å². The van der Waals surface area contributed by atoms with Crippen LogP contribution in [0.3, 0.4) is 0 Å². The van der Waals surface area contributed by atoms with Crippen LogP contribution in [0.2, 0.25) is 0 Å². The second kappa shape index (κ2) is 8.37. The summed E-state index contributed by atoms with van der Waals surface area (Å²) in [5.41, 5.74) is 2.82. The zero-order chi connectivity index (χ0) is 20.6. The quantitative estimate of drug-likeness (QED) is 0.416. The van der Waals surface area contributed by atoms with Gasteiger partial charge in [0.1, 0.15) is 5.78 Å². The van der Waals surface area contributed by atoms with Crippen LogP contribution in [0.25, 0.3) is 0 Å². The maximum atomic E-state index is 12.6. The molecule has 0 aromatic rings. The fraction of sp³-hybridized carbons (Fsp3) is 0.708. The Morgan fingerprint density at radius 2 is 1.97 bits per heavy atom. The molecular weight excluding hydrogens is 400 g/mol. The lowest BCUT2D eigenvalue weighted by Crippen LogP contribution is -2.46. The molecule has 4 rings (SSSR count). The van der Waals surface area contributed by atoms with Crippen molar-refractivity contribution in [3.05, 3.63) is 23.3 Å². The summed E-state index contributed by atoms with van der Waals surface area (Å²) in [6, 6.07) is 0. The highest BCUT2D eigenvalue weighted by atomic mass is 32.2. The summed E-state index contributed by atoms with van der Waals surface area (Å²) in [5.74, 6) is 4.70. The number of rotatable bonds is 6. The first-order valence-corrected chi connectivity index (χ1v) is 13.2. The molecule has 0 spiro atoms. The van der Waals surface area contributed by atoms with Crippen molar-refractivity contribution in [1.82, 2.24) is 0 Å². The topological polar surface area (TPSA) is 51.2 Å². The van der Waals surface area contributed by atoms with Crippen molar-refractivity contribution in [2.75, 3.05) is 17.3 Å². The SMILES string of the molecule is CC(=O)SCCSCC[C@]12CCC(=O)C=C1CC[C@@H]1C2=CC[C@]2(C)C(=O)CC[C@@H]12. The third kappa shape index (κ3) is 3.82. The Morgan fingerprint density at radius 3 is 2.76 bits per heavy atom. The van der Waals surface area contributed by atoms with E-state index in [0.29, 0.717) is 24.0 Å². The molecular formula is C24H32O3S2. The molecule has 0 saturated heterocycles. The number of ketones is 2. The van der Waals surface area contributed by atoms with Crippen molar-refractivity contribution in [1.29, 1.82) is 0 Å². The Kier molecular flexibility index (Phi) is 6.19. The lowest BCUT2D eigenvalue weighted by molar-refractivity contribution is -0.127. The van der Waals surface area contributed by atoms with Crippen molar-refractivity contribution >= 4 is 40.2 Å². The number of allylic oxidation sites excluding steroid dienone is 4. The summed E-state index contributed by atoms with van der Waals surface area (Å²) < 4.78 is 0. The number of carbonyl (C=O) groups is 3. The number of thioether (sulfide) groups is 2. The largest absolute Gasteiger partial charge is 0.299 e. The molecule has 0 unspecified atom stereocenters. The highest BCUT2D eigenvalue weighted by Gasteiger charge is 2.56. The molecule has 4 aliphatic rings. The van der Waals surface area contributed by atoms with E-state index in [4.69, 9.17) is 0 Å². The minimum atomic E-state index is -0.153. The molecule has 2 fully saturated rings. The molecule has 158 valence electrons. The molecule has 4 atom stereocenters. The normalized spacial score (nSPS) is 36.1. The van der Waals surface area contributed by atoms with E-state index in [2.05, 4.69) is 13.0 Å². The van der Waals surface area contributed by atoms with E-state index in [-0.39, 0.29) is 21.7 Å². The van der Waals surface area contributed by atoms with Gasteiger partial charge in [0, 0.05) is 42.1 Å². The van der Waals surface area contributed by atoms with Crippen LogP contribution >= 0.6 is 23.5 Å². The van der Waals surface area contributed by atoms with E-state index >= 15 is 0 Å². The number of carbonyl (C=O) groups excluding carboxylic acids is 3. The molecule has 0 bridgehead atoms. The van der Waals surface area contributed by atoms with Gasteiger partial charge in [-0.1, -0.05) is 35.9 Å². The first-order valence-electron chi connectivity index (χ1n) is 11.1. The van der Waals surface area contributed by atoms with Crippen molar-refractivity contribution in [2.45, 2.75) is 65.2 Å². The summed E-state index contributed by atoms with van der Waals surface area (Å²) >= 11 is 3.34. The third-order valence-electron chi connectivity index (χ3n) is 8.00. The van der Waals surface area contributed by atoms with Gasteiger partial charge in [0.05, 0.1) is 0 Å². The van der Waals surface area contributed by atoms with Crippen LogP contribution in [0.4, 0.5) is 0 Å². The average Bonchev–Trinajstić information content (AvgIpc) is 2.99. The van der Waals surface area contributed by atoms with E-state index in [1.54, 1.807) is 12.5 Å². The maximum Gasteiger partial charge on any atom is 0.185 e. The molecule has 0 aromatic heterocycles. The maximum absolute atomic E-state index is 12.6. The van der Waals surface area contributed by atoms with Gasteiger partial charge in [0.25, 0.3) is 0 Å². The summed E-state index contributed by atoms with van der Waals surface area (Å²) in [4.78, 5) is 35.9. The predicted octanol–water partition coefficient (Wildman–Crippen LogP) is 5.39. The molecule has 0 heterocycles. The standard InChI is InChI=1S/C24H32O3S2/c1-16(25)29-14-13-28-12-11-24-10-7-18(26)15-17(24)3-4-19-20-5-6-22(27)23(20,2)9-8-21(19)24/h8,15,19-20H,3-7,9-14H2,1-2H3/t19-,20-,23-,24+/m0/s1. The van der Waals surface area contributed by atoms with E-state index in [0.717, 1.165) is 62.2 Å². The minimum Gasteiger partial charge on any atom is -0.299 e. The molecule has 3 nitrogen and oxygen atoms in total. The van der Waals surface area contributed by atoms with Gasteiger partial charge in [-0.25, -0.2) is 0 Å². The molecule has 29 heavy (non-hydrogen) atoms. The van der Waals surface area contributed by atoms with E-state index < -0.39 is 0 Å². The highest BCUT2D eigenvalue weighted by molar-refractivity contribution is 8.14. The van der Waals surface area contributed by atoms with Crippen LogP contribution in [-0.2, 0) is 14.4 Å². The summed E-state index contributed by atoms with van der Waals surface area (Å²) in [7, 11) is 0. The molecule has 0 N–H and O–H groups in total. The fourth-order valence-electron chi connectivity index (χ4n) is 6.48. The van der Waals surface area contributed by atoms with Crippen LogP contribution in [0.15, 0.2) is 23.3 Å². The van der Waals surface area contributed by atoms with Gasteiger partial charge in [0.2, 0.25) is 0 Å². The van der Waals surface area contributed by atoms with Crippen LogP contribution < -0.4 is 0 Å². The predicted molar refractivity (Wildman–Crippen MR) is 121 cm³/mol. The minimum absolute atomic E-state index is 0.0461. The summed E-state index contributed by atoms with van der Waals surface area (Å²) in [6.45, 7) is 3.83. The molecule has 4 aliphatic carbocycles. The highest BCUT2D eigenvalue weighted by Crippen LogP contribution is 2.63. The molecule has 0 radical (unpaired) electrons. The Bertz CT molecular complexity index is 783. The molecule has 0 aliphatic heterocycles. The van der Waals surface area contributed by atoms with E-state index in [9.17, 15) is 14.4 Å². The van der Waals surface area contributed by atoms with Gasteiger partial charge >= 0.3 is 0 Å². The monoisotopic (exact) mass is 432 g/mol. The van der Waals surface area contributed by atoms with Gasteiger partial charge in [0.15, 0.2) is 10.9 Å². The second-order valence-corrected chi connectivity index (χ2v) is 11.9. The van der Waals surface area contributed by atoms with Crippen LogP contribution in [-0.4, -0.2) is 33.9 Å². The number of Topliss-reactive ketones (excluding diaryl/α,β-unsaturated/α-hetero) is 1. The zero-order valence-corrected chi connectivity index (χ0v) is 19.3. The number of hydrogen-bond donors (Lipinski definition) is 0. The van der Waals surface area contributed by atoms with Crippen molar-refractivity contribution in [3.63, 3.8) is 0 Å². The molecule has 2 saturated carbocycles. The Hall–Kier alpha value is -0.810. The van der Waals surface area contributed by atoms with Gasteiger partial charge < -0.3 is 0 Å². The Balaban J connectivity index is 1.55. The summed E-state index contributed by atoms with van der Waals surface area (Å²) in [5, 5.41) is 0.192. The number of hydrogen-bond acceptors (Lipinski definition) is 5. The van der Waals surface area contributed by atoms with Crippen LogP contribution in [0.5, 0.6) is 0 Å². The third-order valence-corrected chi connectivity index (χ3v) is 10.1. The van der Waals surface area contributed by atoms with Gasteiger partial charge in [-0.2, -0.15) is 11.8 Å². The van der Waals surface area contributed by atoms with Gasteiger partial charge in [-0.15, -0.1) is 0 Å². The molecule has 0 amide bonds. The smallest absolute Gasteiger partial charge is 0.185 e. The van der Waals surface area contributed by atoms with Crippen molar-refractivity contribution < 1.29 is 14.4 Å². The first-order chi connectivity index (χ1) is 13.9. The van der Waals surface area contributed by atoms with E-state index in [1.807, 2.05) is 17.8 Å². The number of fused-ring (bicyclic) bond motifs is 5. The lowest BCUT2D eigenvalue weighted by Gasteiger charge is -2.53. The average molecular weight is 433 g/mol. The molecule has 5 heteroatoms. The zero-order valence-electron chi connectivity index (χ0n) is 17.6. The van der Waals surface area contributed by atoms with Crippen LogP contribution in [0, 0.1) is 22.7 Å². The second-order valence-electron chi connectivity index (χ2n) is 9.41. The lowest BCUT2D eigenvalue weighted by atomic mass is 9.50. The van der Waals surface area contributed by atoms with Gasteiger partial charge in [-0.3, -0.25) is 14.4 Å².